The number of benzene rings is 1. The molecule has 0 fully saturated rings. The van der Waals surface area contributed by atoms with Crippen LogP contribution >= 0.6 is 0 Å². The van der Waals surface area contributed by atoms with Gasteiger partial charge in [-0.15, -0.1) is 0 Å². The summed E-state index contributed by atoms with van der Waals surface area (Å²) in [7, 11) is 0. The molecular formula is C16H20O3. The van der Waals surface area contributed by atoms with Crippen LogP contribution in [0.4, 0.5) is 0 Å². The minimum absolute atomic E-state index is 0.188. The fraction of sp³-hybridized carbons (Fsp3) is 0.375. The first-order valence-corrected chi connectivity index (χ1v) is 6.47. The number of aryl methyl sites for hydroxylation is 2. The number of hydrogen-bond donors (Lipinski definition) is 0. The van der Waals surface area contributed by atoms with E-state index in [0.717, 1.165) is 12.8 Å². The Labute approximate surface area is 114 Å². The molecule has 0 spiro atoms. The summed E-state index contributed by atoms with van der Waals surface area (Å²) in [6, 6.07) is 5.64. The topological polar surface area (TPSA) is 43.4 Å². The highest BCUT2D eigenvalue weighted by atomic mass is 16.5. The Morgan fingerprint density at radius 3 is 2.32 bits per heavy atom. The molecule has 1 aromatic carbocycles. The van der Waals surface area contributed by atoms with E-state index < -0.39 is 5.97 Å². The molecule has 0 aliphatic rings. The molecule has 0 saturated carbocycles. The summed E-state index contributed by atoms with van der Waals surface area (Å²) >= 11 is 0. The predicted octanol–water partition coefficient (Wildman–Crippen LogP) is 3.11. The van der Waals surface area contributed by atoms with Gasteiger partial charge in [-0.1, -0.05) is 32.6 Å². The highest BCUT2D eigenvalue weighted by Crippen LogP contribution is 2.14. The van der Waals surface area contributed by atoms with Crippen molar-refractivity contribution >= 4 is 11.8 Å². The van der Waals surface area contributed by atoms with E-state index in [1.54, 1.807) is 13.0 Å². The molecule has 0 N–H and O–H groups in total. The second-order valence-electron chi connectivity index (χ2n) is 4.47. The molecule has 1 rings (SSSR count). The van der Waals surface area contributed by atoms with Crippen LogP contribution in [0.2, 0.25) is 0 Å². The lowest BCUT2D eigenvalue weighted by Crippen LogP contribution is -2.14. The van der Waals surface area contributed by atoms with E-state index in [1.807, 2.05) is 12.1 Å². The molecule has 3 nitrogen and oxygen atoms in total. The fourth-order valence-corrected chi connectivity index (χ4v) is 1.81. The van der Waals surface area contributed by atoms with Gasteiger partial charge in [0.1, 0.15) is 0 Å². The van der Waals surface area contributed by atoms with E-state index >= 15 is 0 Å². The number of hydrogen-bond acceptors (Lipinski definition) is 3. The molecular weight excluding hydrogens is 240 g/mol. The Morgan fingerprint density at radius 1 is 1.16 bits per heavy atom. The van der Waals surface area contributed by atoms with E-state index in [2.05, 4.69) is 20.4 Å². The second-order valence-corrected chi connectivity index (χ2v) is 4.47. The molecule has 0 amide bonds. The van der Waals surface area contributed by atoms with Crippen LogP contribution in [0.5, 0.6) is 0 Å². The van der Waals surface area contributed by atoms with Crippen LogP contribution in [0, 0.1) is 0 Å². The van der Waals surface area contributed by atoms with E-state index in [9.17, 15) is 9.59 Å². The molecule has 0 aliphatic heterocycles. The van der Waals surface area contributed by atoms with Gasteiger partial charge in [0, 0.05) is 11.1 Å². The molecule has 0 atom stereocenters. The van der Waals surface area contributed by atoms with E-state index in [1.165, 1.54) is 11.1 Å². The van der Waals surface area contributed by atoms with Crippen molar-refractivity contribution in [3.05, 3.63) is 47.0 Å². The smallest absolute Gasteiger partial charge is 0.333 e. The lowest BCUT2D eigenvalue weighted by molar-refractivity contribution is -0.137. The molecule has 0 bridgehead atoms. The number of ketones is 1. The Bertz CT molecular complexity index is 501. The molecule has 0 saturated heterocycles. The second kappa shape index (κ2) is 6.88. The van der Waals surface area contributed by atoms with Gasteiger partial charge in [0.25, 0.3) is 0 Å². The number of ether oxygens (including phenoxy) is 1. The molecule has 102 valence electrons. The van der Waals surface area contributed by atoms with Crippen LogP contribution in [-0.4, -0.2) is 18.4 Å². The summed E-state index contributed by atoms with van der Waals surface area (Å²) < 4.78 is 4.86. The van der Waals surface area contributed by atoms with Crippen LogP contribution < -0.4 is 0 Å². The summed E-state index contributed by atoms with van der Waals surface area (Å²) in [6.07, 6.45) is 1.83. The molecule has 0 aliphatic carbocycles. The van der Waals surface area contributed by atoms with Gasteiger partial charge >= 0.3 is 5.97 Å². The number of carbonyl (C=O) groups excluding carboxylic acids is 2. The number of carbonyl (C=O) groups is 2. The summed E-state index contributed by atoms with van der Waals surface area (Å²) in [5, 5.41) is 0. The van der Waals surface area contributed by atoms with Crippen LogP contribution in [0.1, 0.15) is 42.3 Å². The maximum atomic E-state index is 11.9. The standard InChI is InChI=1S/C16H20O3/c1-5-12-7-8-14(9-13(12)6-2)15(17)10-19-16(18)11(3)4/h7-9H,3,5-6,10H2,1-2,4H3. The van der Waals surface area contributed by atoms with E-state index in [-0.39, 0.29) is 12.4 Å². The first-order chi connectivity index (χ1) is 8.99. The third kappa shape index (κ3) is 4.05. The summed E-state index contributed by atoms with van der Waals surface area (Å²) in [5.74, 6) is -0.721. The zero-order chi connectivity index (χ0) is 14.4. The normalized spacial score (nSPS) is 10.1. The molecule has 0 aromatic heterocycles. The molecule has 0 unspecified atom stereocenters. The summed E-state index contributed by atoms with van der Waals surface area (Å²) in [6.45, 7) is 8.94. The third-order valence-electron chi connectivity index (χ3n) is 2.97. The van der Waals surface area contributed by atoms with Gasteiger partial charge in [-0.3, -0.25) is 4.79 Å². The number of Topliss-reactive ketones (excluding diaryl/α,β-unsaturated/α-hetero) is 1. The van der Waals surface area contributed by atoms with E-state index in [4.69, 9.17) is 4.74 Å². The predicted molar refractivity (Wildman–Crippen MR) is 75.3 cm³/mol. The Kier molecular flexibility index (Phi) is 5.49. The number of rotatable bonds is 6. The van der Waals surface area contributed by atoms with Gasteiger partial charge in [-0.25, -0.2) is 4.79 Å². The summed E-state index contributed by atoms with van der Waals surface area (Å²) in [4.78, 5) is 23.2. The zero-order valence-electron chi connectivity index (χ0n) is 11.8. The van der Waals surface area contributed by atoms with Gasteiger partial charge in [0.05, 0.1) is 0 Å². The van der Waals surface area contributed by atoms with Crippen molar-refractivity contribution in [3.8, 4) is 0 Å². The minimum atomic E-state index is -0.533. The lowest BCUT2D eigenvalue weighted by Gasteiger charge is -2.09. The van der Waals surface area contributed by atoms with E-state index in [0.29, 0.717) is 11.1 Å². The molecule has 19 heavy (non-hydrogen) atoms. The monoisotopic (exact) mass is 260 g/mol. The van der Waals surface area contributed by atoms with Gasteiger partial charge in [-0.05, 0) is 37.0 Å². The van der Waals surface area contributed by atoms with Crippen molar-refractivity contribution in [1.29, 1.82) is 0 Å². The molecule has 1 aromatic rings. The third-order valence-corrected chi connectivity index (χ3v) is 2.97. The molecule has 0 heterocycles. The largest absolute Gasteiger partial charge is 0.454 e. The van der Waals surface area contributed by atoms with Crippen molar-refractivity contribution in [2.45, 2.75) is 33.6 Å². The maximum absolute atomic E-state index is 11.9. The average molecular weight is 260 g/mol. The minimum Gasteiger partial charge on any atom is -0.454 e. The SMILES string of the molecule is C=C(C)C(=O)OCC(=O)c1ccc(CC)c(CC)c1. The fourth-order valence-electron chi connectivity index (χ4n) is 1.81. The van der Waals surface area contributed by atoms with Crippen LogP contribution in [0.25, 0.3) is 0 Å². The number of esters is 1. The molecule has 3 heteroatoms. The lowest BCUT2D eigenvalue weighted by atomic mass is 9.98. The quantitative estimate of drug-likeness (QED) is 0.448. The van der Waals surface area contributed by atoms with Crippen LogP contribution in [0.3, 0.4) is 0 Å². The van der Waals surface area contributed by atoms with Crippen LogP contribution in [0.15, 0.2) is 30.4 Å². The van der Waals surface area contributed by atoms with Crippen molar-refractivity contribution in [2.24, 2.45) is 0 Å². The maximum Gasteiger partial charge on any atom is 0.333 e. The van der Waals surface area contributed by atoms with Gasteiger partial charge in [0.15, 0.2) is 12.4 Å². The highest BCUT2D eigenvalue weighted by Gasteiger charge is 2.11. The van der Waals surface area contributed by atoms with Crippen molar-refractivity contribution in [3.63, 3.8) is 0 Å². The molecule has 0 radical (unpaired) electrons. The zero-order valence-corrected chi connectivity index (χ0v) is 11.8. The average Bonchev–Trinajstić information content (AvgIpc) is 2.43. The Hall–Kier alpha value is -1.90. The highest BCUT2D eigenvalue weighted by molar-refractivity contribution is 5.99. The van der Waals surface area contributed by atoms with Gasteiger partial charge in [0.2, 0.25) is 0 Å². The first kappa shape index (κ1) is 15.2. The first-order valence-electron chi connectivity index (χ1n) is 6.47. The summed E-state index contributed by atoms with van der Waals surface area (Å²) in [5.41, 5.74) is 3.30. The van der Waals surface area contributed by atoms with Crippen LogP contribution in [-0.2, 0) is 22.4 Å². The van der Waals surface area contributed by atoms with Gasteiger partial charge in [-0.2, -0.15) is 0 Å². The Morgan fingerprint density at radius 2 is 1.79 bits per heavy atom. The van der Waals surface area contributed by atoms with Crippen molar-refractivity contribution < 1.29 is 14.3 Å². The van der Waals surface area contributed by atoms with Crippen molar-refractivity contribution in [1.82, 2.24) is 0 Å². The van der Waals surface area contributed by atoms with Crippen molar-refractivity contribution in [2.75, 3.05) is 6.61 Å². The Balaban J connectivity index is 2.77. The van der Waals surface area contributed by atoms with Gasteiger partial charge < -0.3 is 4.74 Å².